The SMILES string of the molecule is COC(=O)CO[C@H]1C[C@@H](NC(=O)OCc2ccccc2)C2OC(C)(C)OC21. The Balaban J connectivity index is 1.57. The van der Waals surface area contributed by atoms with Crippen LogP contribution in [0.25, 0.3) is 0 Å². The summed E-state index contributed by atoms with van der Waals surface area (Å²) in [6.45, 7) is 3.60. The molecule has 2 unspecified atom stereocenters. The van der Waals surface area contributed by atoms with E-state index in [-0.39, 0.29) is 31.5 Å². The second kappa shape index (κ2) is 8.24. The molecule has 148 valence electrons. The summed E-state index contributed by atoms with van der Waals surface area (Å²) in [6, 6.07) is 9.08. The summed E-state index contributed by atoms with van der Waals surface area (Å²) >= 11 is 0. The minimum Gasteiger partial charge on any atom is -0.467 e. The molecule has 4 atom stereocenters. The topological polar surface area (TPSA) is 92.3 Å². The van der Waals surface area contributed by atoms with Crippen LogP contribution in [-0.4, -0.2) is 55.9 Å². The fraction of sp³-hybridized carbons (Fsp3) is 0.579. The van der Waals surface area contributed by atoms with Crippen LogP contribution in [0.1, 0.15) is 25.8 Å². The number of ether oxygens (including phenoxy) is 5. The molecular formula is C19H25NO7. The summed E-state index contributed by atoms with van der Waals surface area (Å²) in [5.41, 5.74) is 0.901. The van der Waals surface area contributed by atoms with Crippen LogP contribution < -0.4 is 5.32 Å². The number of carbonyl (C=O) groups is 2. The third-order valence-electron chi connectivity index (χ3n) is 4.57. The number of hydrogen-bond acceptors (Lipinski definition) is 7. The van der Waals surface area contributed by atoms with Gasteiger partial charge in [0, 0.05) is 0 Å². The quantitative estimate of drug-likeness (QED) is 0.753. The molecule has 2 aliphatic rings. The Labute approximate surface area is 158 Å². The molecule has 1 saturated carbocycles. The van der Waals surface area contributed by atoms with Gasteiger partial charge in [0.2, 0.25) is 0 Å². The molecule has 1 aliphatic heterocycles. The molecule has 1 saturated heterocycles. The molecule has 27 heavy (non-hydrogen) atoms. The van der Waals surface area contributed by atoms with E-state index in [1.165, 1.54) is 7.11 Å². The Hall–Kier alpha value is -2.16. The standard InChI is InChI=1S/C19H25NO7/c1-19(2)26-16-13(9-14(17(16)27-19)24-11-15(21)23-3)20-18(22)25-10-12-7-5-4-6-8-12/h4-8,13-14,16-17H,9-11H2,1-3H3,(H,20,22)/t13-,14+,16?,17?/m1/s1. The minimum absolute atomic E-state index is 0.179. The maximum Gasteiger partial charge on any atom is 0.407 e. The summed E-state index contributed by atoms with van der Waals surface area (Å²) in [6.07, 6.45) is -1.25. The predicted octanol–water partition coefficient (Wildman–Crippen LogP) is 1.76. The van der Waals surface area contributed by atoms with Crippen molar-refractivity contribution in [3.63, 3.8) is 0 Å². The van der Waals surface area contributed by atoms with Gasteiger partial charge in [0.25, 0.3) is 0 Å². The summed E-state index contributed by atoms with van der Waals surface area (Å²) in [7, 11) is 1.30. The van der Waals surface area contributed by atoms with E-state index in [1.807, 2.05) is 30.3 Å². The molecule has 1 amide bonds. The van der Waals surface area contributed by atoms with Crippen molar-refractivity contribution in [2.24, 2.45) is 0 Å². The first-order valence-corrected chi connectivity index (χ1v) is 8.89. The number of fused-ring (bicyclic) bond motifs is 1. The van der Waals surface area contributed by atoms with Crippen LogP contribution in [0.3, 0.4) is 0 Å². The van der Waals surface area contributed by atoms with Crippen molar-refractivity contribution >= 4 is 12.1 Å². The van der Waals surface area contributed by atoms with Crippen molar-refractivity contribution in [2.75, 3.05) is 13.7 Å². The van der Waals surface area contributed by atoms with E-state index in [0.717, 1.165) is 5.56 Å². The average molecular weight is 379 g/mol. The van der Waals surface area contributed by atoms with Crippen LogP contribution in [0.5, 0.6) is 0 Å². The molecule has 2 fully saturated rings. The van der Waals surface area contributed by atoms with Gasteiger partial charge in [-0.25, -0.2) is 9.59 Å². The molecule has 8 heteroatoms. The lowest BCUT2D eigenvalue weighted by Gasteiger charge is -2.23. The molecule has 0 bridgehead atoms. The van der Waals surface area contributed by atoms with E-state index in [9.17, 15) is 9.59 Å². The maximum absolute atomic E-state index is 12.2. The largest absolute Gasteiger partial charge is 0.467 e. The van der Waals surface area contributed by atoms with E-state index in [2.05, 4.69) is 10.1 Å². The molecular weight excluding hydrogens is 354 g/mol. The fourth-order valence-electron chi connectivity index (χ4n) is 3.39. The van der Waals surface area contributed by atoms with Crippen molar-refractivity contribution in [1.29, 1.82) is 0 Å². The van der Waals surface area contributed by atoms with Crippen LogP contribution in [0.15, 0.2) is 30.3 Å². The Bertz CT molecular complexity index is 663. The number of methoxy groups -OCH3 is 1. The number of nitrogens with one attached hydrogen (secondary N) is 1. The molecule has 3 rings (SSSR count). The fourth-order valence-corrected chi connectivity index (χ4v) is 3.39. The van der Waals surface area contributed by atoms with Crippen LogP contribution in [0, 0.1) is 0 Å². The number of benzene rings is 1. The van der Waals surface area contributed by atoms with Gasteiger partial charge in [-0.2, -0.15) is 0 Å². The van der Waals surface area contributed by atoms with Gasteiger partial charge in [-0.05, 0) is 25.8 Å². The minimum atomic E-state index is -0.795. The Morgan fingerprint density at radius 2 is 1.89 bits per heavy atom. The van der Waals surface area contributed by atoms with Crippen molar-refractivity contribution in [3.8, 4) is 0 Å². The summed E-state index contributed by atoms with van der Waals surface area (Å²) in [5.74, 6) is -1.26. The first-order valence-electron chi connectivity index (χ1n) is 8.89. The second-order valence-corrected chi connectivity index (χ2v) is 7.04. The van der Waals surface area contributed by atoms with Crippen LogP contribution in [0.2, 0.25) is 0 Å². The van der Waals surface area contributed by atoms with Gasteiger partial charge in [0.15, 0.2) is 5.79 Å². The number of hydrogen-bond donors (Lipinski definition) is 1. The highest BCUT2D eigenvalue weighted by molar-refractivity contribution is 5.70. The van der Waals surface area contributed by atoms with Crippen molar-refractivity contribution < 1.29 is 33.3 Å². The number of carbonyl (C=O) groups excluding carboxylic acids is 2. The number of rotatable bonds is 6. The van der Waals surface area contributed by atoms with Crippen LogP contribution in [0.4, 0.5) is 4.79 Å². The highest BCUT2D eigenvalue weighted by Crippen LogP contribution is 2.39. The van der Waals surface area contributed by atoms with Crippen molar-refractivity contribution in [2.45, 2.75) is 57.0 Å². The van der Waals surface area contributed by atoms with Crippen LogP contribution >= 0.6 is 0 Å². The van der Waals surface area contributed by atoms with Gasteiger partial charge in [-0.1, -0.05) is 30.3 Å². The van der Waals surface area contributed by atoms with Crippen molar-refractivity contribution in [3.05, 3.63) is 35.9 Å². The first-order chi connectivity index (χ1) is 12.9. The summed E-state index contributed by atoms with van der Waals surface area (Å²) in [4.78, 5) is 23.6. The van der Waals surface area contributed by atoms with E-state index in [4.69, 9.17) is 18.9 Å². The third-order valence-corrected chi connectivity index (χ3v) is 4.57. The smallest absolute Gasteiger partial charge is 0.407 e. The van der Waals surface area contributed by atoms with Gasteiger partial charge >= 0.3 is 12.1 Å². The lowest BCUT2D eigenvalue weighted by atomic mass is 10.2. The van der Waals surface area contributed by atoms with Gasteiger partial charge in [0.05, 0.1) is 19.3 Å². The zero-order chi connectivity index (χ0) is 19.4. The molecule has 8 nitrogen and oxygen atoms in total. The number of esters is 1. The van der Waals surface area contributed by atoms with E-state index in [1.54, 1.807) is 13.8 Å². The van der Waals surface area contributed by atoms with E-state index >= 15 is 0 Å². The van der Waals surface area contributed by atoms with Crippen molar-refractivity contribution in [1.82, 2.24) is 5.32 Å². The summed E-state index contributed by atoms with van der Waals surface area (Å²) in [5, 5.41) is 2.83. The first kappa shape index (κ1) is 19.6. The normalized spacial score (nSPS) is 28.4. The molecule has 1 aromatic carbocycles. The highest BCUT2D eigenvalue weighted by atomic mass is 16.8. The predicted molar refractivity (Wildman–Crippen MR) is 93.7 cm³/mol. The lowest BCUT2D eigenvalue weighted by molar-refractivity contribution is -0.172. The zero-order valence-corrected chi connectivity index (χ0v) is 15.7. The van der Waals surface area contributed by atoms with E-state index < -0.39 is 24.0 Å². The third kappa shape index (κ3) is 4.97. The second-order valence-electron chi connectivity index (χ2n) is 7.04. The molecule has 0 aromatic heterocycles. The molecule has 1 heterocycles. The molecule has 0 radical (unpaired) electrons. The Morgan fingerprint density at radius 3 is 2.59 bits per heavy atom. The van der Waals surface area contributed by atoms with Crippen LogP contribution in [-0.2, 0) is 35.1 Å². The zero-order valence-electron chi connectivity index (χ0n) is 15.7. The van der Waals surface area contributed by atoms with Gasteiger partial charge in [0.1, 0.15) is 25.4 Å². The molecule has 1 aromatic rings. The van der Waals surface area contributed by atoms with Gasteiger partial charge in [-0.3, -0.25) is 0 Å². The monoisotopic (exact) mass is 379 g/mol. The Morgan fingerprint density at radius 1 is 1.19 bits per heavy atom. The highest BCUT2D eigenvalue weighted by Gasteiger charge is 2.55. The maximum atomic E-state index is 12.2. The van der Waals surface area contributed by atoms with Gasteiger partial charge in [-0.15, -0.1) is 0 Å². The molecule has 0 spiro atoms. The average Bonchev–Trinajstić information content (AvgIpc) is 3.12. The number of alkyl carbamates (subject to hydrolysis) is 1. The molecule has 1 N–H and O–H groups in total. The number of amides is 1. The lowest BCUT2D eigenvalue weighted by Crippen LogP contribution is -2.43. The molecule has 1 aliphatic carbocycles. The van der Waals surface area contributed by atoms with Gasteiger partial charge < -0.3 is 29.0 Å². The Kier molecular flexibility index (Phi) is 5.98. The van der Waals surface area contributed by atoms with E-state index in [0.29, 0.717) is 6.42 Å². The summed E-state index contributed by atoms with van der Waals surface area (Å²) < 4.78 is 27.3.